The summed E-state index contributed by atoms with van der Waals surface area (Å²) in [5.41, 5.74) is 0. The van der Waals surface area contributed by atoms with Gasteiger partial charge in [-0.2, -0.15) is 4.98 Å². The van der Waals surface area contributed by atoms with Gasteiger partial charge in [-0.25, -0.2) is 0 Å². The van der Waals surface area contributed by atoms with Gasteiger partial charge in [0.15, 0.2) is 12.0 Å². The fourth-order valence-corrected chi connectivity index (χ4v) is 0.419. The lowest BCUT2D eigenvalue weighted by atomic mass is 10.6. The van der Waals surface area contributed by atoms with Gasteiger partial charge in [-0.1, -0.05) is 0 Å². The van der Waals surface area contributed by atoms with Crippen LogP contribution >= 0.6 is 0 Å². The van der Waals surface area contributed by atoms with Crippen molar-refractivity contribution in [3.05, 3.63) is 12.0 Å². The van der Waals surface area contributed by atoms with Crippen molar-refractivity contribution in [2.45, 2.75) is 0 Å². The molecule has 0 radical (unpaired) electrons. The summed E-state index contributed by atoms with van der Waals surface area (Å²) in [7, 11) is 1.42. The highest BCUT2D eigenvalue weighted by atomic mass is 16.6. The Bertz CT molecular complexity index is 206. The van der Waals surface area contributed by atoms with Gasteiger partial charge in [0.1, 0.15) is 0 Å². The monoisotopic (exact) mass is 127 g/mol. The predicted molar refractivity (Wildman–Crippen MR) is 28.4 cm³/mol. The molecule has 9 heavy (non-hydrogen) atoms. The van der Waals surface area contributed by atoms with Crippen molar-refractivity contribution in [2.24, 2.45) is 0 Å². The first-order valence-corrected chi connectivity index (χ1v) is 2.32. The predicted octanol–water partition coefficient (Wildman–Crippen LogP) is 0.496. The van der Waals surface area contributed by atoms with E-state index in [0.29, 0.717) is 6.29 Å². The lowest BCUT2D eigenvalue weighted by molar-refractivity contribution is 0.109. The third kappa shape index (κ3) is 1.07. The van der Waals surface area contributed by atoms with Gasteiger partial charge in [0.2, 0.25) is 0 Å². The van der Waals surface area contributed by atoms with E-state index in [2.05, 4.69) is 14.1 Å². The Morgan fingerprint density at radius 2 is 2.67 bits per heavy atom. The summed E-state index contributed by atoms with van der Waals surface area (Å²) in [5.74, 6) is 0.173. The van der Waals surface area contributed by atoms with E-state index in [1.54, 1.807) is 0 Å². The molecule has 0 aliphatic heterocycles. The number of ether oxygens (including phenoxy) is 1. The molecule has 0 spiro atoms. The Morgan fingerprint density at radius 3 is 3.00 bits per heavy atom. The van der Waals surface area contributed by atoms with E-state index in [0.717, 1.165) is 0 Å². The zero-order valence-electron chi connectivity index (χ0n) is 4.83. The van der Waals surface area contributed by atoms with Crippen molar-refractivity contribution in [2.75, 3.05) is 7.11 Å². The second kappa shape index (κ2) is 2.30. The maximum atomic E-state index is 9.95. The Hall–Kier alpha value is -1.32. The van der Waals surface area contributed by atoms with Crippen LogP contribution in [-0.4, -0.2) is 18.4 Å². The van der Waals surface area contributed by atoms with Gasteiger partial charge in [-0.3, -0.25) is 4.79 Å². The molecule has 1 rings (SSSR count). The smallest absolute Gasteiger partial charge is 0.393 e. The molecule has 0 unspecified atom stereocenters. The summed E-state index contributed by atoms with van der Waals surface area (Å²) in [6.07, 6.45) is 1.97. The van der Waals surface area contributed by atoms with Crippen LogP contribution in [0.4, 0.5) is 0 Å². The van der Waals surface area contributed by atoms with Crippen molar-refractivity contribution in [1.82, 2.24) is 4.98 Å². The SMILES string of the molecule is COc1ncc(C=O)o1. The minimum Gasteiger partial charge on any atom is -0.454 e. The van der Waals surface area contributed by atoms with E-state index in [-0.39, 0.29) is 11.8 Å². The minimum absolute atomic E-state index is 0.108. The van der Waals surface area contributed by atoms with Crippen LogP contribution in [0.1, 0.15) is 10.6 Å². The molecule has 0 fully saturated rings. The van der Waals surface area contributed by atoms with E-state index in [4.69, 9.17) is 0 Å². The first-order chi connectivity index (χ1) is 4.36. The quantitative estimate of drug-likeness (QED) is 0.542. The van der Waals surface area contributed by atoms with Gasteiger partial charge in [-0.15, -0.1) is 0 Å². The van der Waals surface area contributed by atoms with Crippen molar-refractivity contribution in [3.63, 3.8) is 0 Å². The third-order valence-electron chi connectivity index (χ3n) is 0.793. The number of carbonyl (C=O) groups is 1. The highest BCUT2D eigenvalue weighted by Gasteiger charge is 1.99. The average molecular weight is 127 g/mol. The number of nitrogens with zero attached hydrogens (tertiary/aromatic N) is 1. The molecule has 4 nitrogen and oxygen atoms in total. The molecule has 0 saturated heterocycles. The van der Waals surface area contributed by atoms with Crippen LogP contribution in [0.3, 0.4) is 0 Å². The zero-order valence-corrected chi connectivity index (χ0v) is 4.83. The first kappa shape index (κ1) is 5.81. The molecule has 1 aromatic heterocycles. The van der Waals surface area contributed by atoms with Gasteiger partial charge < -0.3 is 9.15 Å². The van der Waals surface area contributed by atoms with Gasteiger partial charge >= 0.3 is 6.08 Å². The molecule has 4 heteroatoms. The summed E-state index contributed by atoms with van der Waals surface area (Å²) >= 11 is 0. The van der Waals surface area contributed by atoms with Gasteiger partial charge in [0.05, 0.1) is 13.3 Å². The van der Waals surface area contributed by atoms with Crippen molar-refractivity contribution in [1.29, 1.82) is 0 Å². The number of methoxy groups -OCH3 is 1. The third-order valence-corrected chi connectivity index (χ3v) is 0.793. The number of aromatic nitrogens is 1. The van der Waals surface area contributed by atoms with E-state index in [1.165, 1.54) is 13.3 Å². The van der Waals surface area contributed by atoms with E-state index >= 15 is 0 Å². The fraction of sp³-hybridized carbons (Fsp3) is 0.200. The largest absolute Gasteiger partial charge is 0.454 e. The molecule has 48 valence electrons. The summed E-state index contributed by atoms with van der Waals surface area (Å²) < 4.78 is 9.24. The summed E-state index contributed by atoms with van der Waals surface area (Å²) in [6, 6.07) is 0. The van der Waals surface area contributed by atoms with Crippen LogP contribution in [0.25, 0.3) is 0 Å². The molecule has 1 heterocycles. The van der Waals surface area contributed by atoms with Gasteiger partial charge in [-0.05, 0) is 0 Å². The first-order valence-electron chi connectivity index (χ1n) is 2.32. The molecule has 1 aromatic rings. The number of oxazole rings is 1. The van der Waals surface area contributed by atoms with E-state index in [9.17, 15) is 4.79 Å². The molecule has 0 aromatic carbocycles. The summed E-state index contributed by atoms with van der Waals surface area (Å²) in [4.78, 5) is 13.5. The van der Waals surface area contributed by atoms with Crippen molar-refractivity contribution >= 4 is 6.29 Å². The molecule has 0 aliphatic carbocycles. The minimum atomic E-state index is 0.108. The average Bonchev–Trinajstić information content (AvgIpc) is 2.34. The molecule has 0 atom stereocenters. The molecule has 0 amide bonds. The lowest BCUT2D eigenvalue weighted by Gasteiger charge is -1.84. The Labute approximate surface area is 51.5 Å². The topological polar surface area (TPSA) is 52.3 Å². The number of hydrogen-bond acceptors (Lipinski definition) is 4. The Kier molecular flexibility index (Phi) is 1.48. The van der Waals surface area contributed by atoms with Crippen LogP contribution < -0.4 is 4.74 Å². The molecule has 0 N–H and O–H groups in total. The number of hydrogen-bond donors (Lipinski definition) is 0. The second-order valence-corrected chi connectivity index (χ2v) is 1.35. The van der Waals surface area contributed by atoms with Crippen molar-refractivity contribution in [3.8, 4) is 6.08 Å². The zero-order chi connectivity index (χ0) is 6.69. The van der Waals surface area contributed by atoms with Crippen LogP contribution in [0.15, 0.2) is 10.6 Å². The standard InChI is InChI=1S/C5H5NO3/c1-8-5-6-2-4(3-7)9-5/h2-3H,1H3. The van der Waals surface area contributed by atoms with Gasteiger partial charge in [0.25, 0.3) is 0 Å². The summed E-state index contributed by atoms with van der Waals surface area (Å²) in [5, 5.41) is 0. The maximum Gasteiger partial charge on any atom is 0.393 e. The lowest BCUT2D eigenvalue weighted by Crippen LogP contribution is -1.78. The normalized spacial score (nSPS) is 9.00. The fourth-order valence-electron chi connectivity index (χ4n) is 0.419. The van der Waals surface area contributed by atoms with Crippen LogP contribution in [0.2, 0.25) is 0 Å². The Balaban J connectivity index is 2.86. The second-order valence-electron chi connectivity index (χ2n) is 1.35. The number of carbonyl (C=O) groups excluding carboxylic acids is 1. The highest BCUT2D eigenvalue weighted by Crippen LogP contribution is 2.07. The van der Waals surface area contributed by atoms with Crippen molar-refractivity contribution < 1.29 is 13.9 Å². The molecular formula is C5H5NO3. The molecule has 0 bridgehead atoms. The highest BCUT2D eigenvalue weighted by molar-refractivity contribution is 5.69. The summed E-state index contributed by atoms with van der Waals surface area (Å²) in [6.45, 7) is 0. The van der Waals surface area contributed by atoms with E-state index < -0.39 is 0 Å². The van der Waals surface area contributed by atoms with Gasteiger partial charge in [0, 0.05) is 0 Å². The van der Waals surface area contributed by atoms with E-state index in [1.807, 2.05) is 0 Å². The molecular weight excluding hydrogens is 122 g/mol. The molecule has 0 saturated carbocycles. The maximum absolute atomic E-state index is 9.95. The van der Waals surface area contributed by atoms with Crippen LogP contribution in [-0.2, 0) is 0 Å². The Morgan fingerprint density at radius 1 is 1.89 bits per heavy atom. The van der Waals surface area contributed by atoms with Crippen LogP contribution in [0.5, 0.6) is 6.08 Å². The molecule has 0 aliphatic rings. The van der Waals surface area contributed by atoms with Crippen LogP contribution in [0, 0.1) is 0 Å². The number of rotatable bonds is 2. The number of aldehydes is 1.